The van der Waals surface area contributed by atoms with Crippen molar-refractivity contribution in [2.75, 3.05) is 18.4 Å². The van der Waals surface area contributed by atoms with Gasteiger partial charge in [0, 0.05) is 11.9 Å². The number of aromatic nitrogens is 2. The molecule has 0 aliphatic carbocycles. The number of alkyl halides is 3. The van der Waals surface area contributed by atoms with Gasteiger partial charge < -0.3 is 10.6 Å². The maximum absolute atomic E-state index is 13.5. The van der Waals surface area contributed by atoms with Gasteiger partial charge in [-0.1, -0.05) is 30.3 Å². The molecule has 0 unspecified atom stereocenters. The number of piperidine rings is 1. The van der Waals surface area contributed by atoms with Crippen molar-refractivity contribution in [3.05, 3.63) is 77.6 Å². The quantitative estimate of drug-likeness (QED) is 0.656. The molecule has 4 rings (SSSR count). The van der Waals surface area contributed by atoms with Crippen LogP contribution in [0.1, 0.15) is 40.4 Å². The van der Waals surface area contributed by atoms with Gasteiger partial charge in [0.25, 0.3) is 5.91 Å². The zero-order valence-corrected chi connectivity index (χ0v) is 16.1. The first-order valence-electron chi connectivity index (χ1n) is 9.76. The molecule has 156 valence electrons. The second-order valence-electron chi connectivity index (χ2n) is 7.27. The molecule has 1 aliphatic heterocycles. The number of hydrogen-bond donors (Lipinski definition) is 2. The van der Waals surface area contributed by atoms with Crippen LogP contribution in [-0.4, -0.2) is 28.8 Å². The van der Waals surface area contributed by atoms with Gasteiger partial charge in [0.1, 0.15) is 0 Å². The van der Waals surface area contributed by atoms with E-state index >= 15 is 0 Å². The van der Waals surface area contributed by atoms with Gasteiger partial charge in [0.15, 0.2) is 5.69 Å². The highest BCUT2D eigenvalue weighted by Crippen LogP contribution is 2.32. The summed E-state index contributed by atoms with van der Waals surface area (Å²) in [6.07, 6.45) is -1.55. The van der Waals surface area contributed by atoms with Crippen molar-refractivity contribution in [1.82, 2.24) is 15.1 Å². The van der Waals surface area contributed by atoms with E-state index in [4.69, 9.17) is 0 Å². The molecule has 1 amide bonds. The number of nitrogens with one attached hydrogen (secondary N) is 2. The fraction of sp³-hybridized carbons (Fsp3) is 0.273. The monoisotopic (exact) mass is 414 g/mol. The summed E-state index contributed by atoms with van der Waals surface area (Å²) >= 11 is 0. The molecule has 2 N–H and O–H groups in total. The highest BCUT2D eigenvalue weighted by atomic mass is 19.4. The van der Waals surface area contributed by atoms with E-state index in [0.29, 0.717) is 17.3 Å². The molecule has 0 saturated carbocycles. The largest absolute Gasteiger partial charge is 0.435 e. The Bertz CT molecular complexity index is 1010. The fourth-order valence-corrected chi connectivity index (χ4v) is 3.65. The summed E-state index contributed by atoms with van der Waals surface area (Å²) in [4.78, 5) is 12.6. The number of benzene rings is 2. The van der Waals surface area contributed by atoms with Gasteiger partial charge in [-0.05, 0) is 61.7 Å². The number of nitrogens with zero attached hydrogens (tertiary/aromatic N) is 2. The number of para-hydroxylation sites is 1. The normalized spacial score (nSPS) is 15.2. The predicted octanol–water partition coefficient (Wildman–Crippen LogP) is 4.61. The van der Waals surface area contributed by atoms with Gasteiger partial charge in [0.05, 0.1) is 11.3 Å². The first-order valence-corrected chi connectivity index (χ1v) is 9.76. The van der Waals surface area contributed by atoms with E-state index in [1.165, 1.54) is 5.56 Å². The van der Waals surface area contributed by atoms with Crippen LogP contribution in [-0.2, 0) is 6.18 Å². The molecule has 1 aromatic heterocycles. The molecular weight excluding hydrogens is 393 g/mol. The van der Waals surface area contributed by atoms with Crippen molar-refractivity contribution >= 4 is 11.6 Å². The van der Waals surface area contributed by atoms with E-state index in [0.717, 1.165) is 36.8 Å². The molecule has 2 aromatic carbocycles. The van der Waals surface area contributed by atoms with Crippen molar-refractivity contribution in [3.8, 4) is 5.69 Å². The van der Waals surface area contributed by atoms with Gasteiger partial charge in [-0.25, -0.2) is 4.68 Å². The molecule has 1 fully saturated rings. The van der Waals surface area contributed by atoms with Crippen LogP contribution in [0.15, 0.2) is 60.8 Å². The van der Waals surface area contributed by atoms with Crippen molar-refractivity contribution in [3.63, 3.8) is 0 Å². The van der Waals surface area contributed by atoms with E-state index in [-0.39, 0.29) is 0 Å². The molecular formula is C22H21F3N4O. The molecule has 3 aromatic rings. The SMILES string of the molecule is O=C(Nc1ccc(C2CCNCC2)cc1)c1cn(-c2ccccc2)nc1C(F)(F)F. The molecule has 0 radical (unpaired) electrons. The maximum atomic E-state index is 13.5. The number of carbonyl (C=O) groups excluding carboxylic acids is 1. The Morgan fingerprint density at radius 3 is 2.33 bits per heavy atom. The Morgan fingerprint density at radius 2 is 1.70 bits per heavy atom. The van der Waals surface area contributed by atoms with Gasteiger partial charge in [0.2, 0.25) is 0 Å². The maximum Gasteiger partial charge on any atom is 0.435 e. The lowest BCUT2D eigenvalue weighted by atomic mass is 9.90. The first-order chi connectivity index (χ1) is 14.4. The van der Waals surface area contributed by atoms with E-state index in [1.54, 1.807) is 42.5 Å². The molecule has 0 bridgehead atoms. The first kappa shape index (κ1) is 20.2. The Morgan fingerprint density at radius 1 is 1.03 bits per heavy atom. The molecule has 2 heterocycles. The Labute approximate surface area is 171 Å². The average molecular weight is 414 g/mol. The molecule has 0 spiro atoms. The van der Waals surface area contributed by atoms with E-state index in [2.05, 4.69) is 15.7 Å². The Balaban J connectivity index is 1.56. The van der Waals surface area contributed by atoms with Crippen molar-refractivity contribution in [2.24, 2.45) is 0 Å². The Hall–Kier alpha value is -3.13. The van der Waals surface area contributed by atoms with Gasteiger partial charge >= 0.3 is 6.18 Å². The molecule has 8 heteroatoms. The summed E-state index contributed by atoms with van der Waals surface area (Å²) in [7, 11) is 0. The van der Waals surface area contributed by atoms with Gasteiger partial charge in [-0.15, -0.1) is 0 Å². The van der Waals surface area contributed by atoms with Crippen LogP contribution in [0.25, 0.3) is 5.69 Å². The number of halogens is 3. The minimum absolute atomic E-state index is 0.438. The summed E-state index contributed by atoms with van der Waals surface area (Å²) in [6.45, 7) is 1.93. The smallest absolute Gasteiger partial charge is 0.322 e. The van der Waals surface area contributed by atoms with E-state index in [9.17, 15) is 18.0 Å². The molecule has 1 aliphatic rings. The van der Waals surface area contributed by atoms with Crippen LogP contribution in [0.5, 0.6) is 0 Å². The van der Waals surface area contributed by atoms with Crippen LogP contribution in [0.3, 0.4) is 0 Å². The average Bonchev–Trinajstić information content (AvgIpc) is 3.22. The molecule has 5 nitrogen and oxygen atoms in total. The van der Waals surface area contributed by atoms with Crippen LogP contribution < -0.4 is 10.6 Å². The number of anilines is 1. The molecule has 0 atom stereocenters. The molecule has 1 saturated heterocycles. The summed E-state index contributed by atoms with van der Waals surface area (Å²) in [5.74, 6) is -0.393. The number of rotatable bonds is 4. The number of hydrogen-bond acceptors (Lipinski definition) is 3. The van der Waals surface area contributed by atoms with Gasteiger partial charge in [-0.2, -0.15) is 18.3 Å². The zero-order chi connectivity index (χ0) is 21.1. The number of carbonyl (C=O) groups is 1. The highest BCUT2D eigenvalue weighted by Gasteiger charge is 2.39. The van der Waals surface area contributed by atoms with Crippen molar-refractivity contribution < 1.29 is 18.0 Å². The van der Waals surface area contributed by atoms with Gasteiger partial charge in [-0.3, -0.25) is 4.79 Å². The summed E-state index contributed by atoms with van der Waals surface area (Å²) in [5, 5.41) is 9.49. The zero-order valence-electron chi connectivity index (χ0n) is 16.1. The third-order valence-corrected chi connectivity index (χ3v) is 5.23. The van der Waals surface area contributed by atoms with Crippen molar-refractivity contribution in [2.45, 2.75) is 24.9 Å². The molecule has 30 heavy (non-hydrogen) atoms. The third kappa shape index (κ3) is 4.38. The lowest BCUT2D eigenvalue weighted by molar-refractivity contribution is -0.141. The minimum atomic E-state index is -4.74. The lowest BCUT2D eigenvalue weighted by Gasteiger charge is -2.23. The number of amides is 1. The summed E-state index contributed by atoms with van der Waals surface area (Å²) < 4.78 is 41.5. The highest BCUT2D eigenvalue weighted by molar-refractivity contribution is 6.05. The van der Waals surface area contributed by atoms with Crippen LogP contribution >= 0.6 is 0 Å². The summed E-state index contributed by atoms with van der Waals surface area (Å²) in [5.41, 5.74) is 0.318. The van der Waals surface area contributed by atoms with Crippen LogP contribution in [0.2, 0.25) is 0 Å². The Kier molecular flexibility index (Phi) is 5.59. The topological polar surface area (TPSA) is 59.0 Å². The minimum Gasteiger partial charge on any atom is -0.322 e. The standard InChI is InChI=1S/C22H21F3N4O/c23-22(24,25)20-19(14-29(28-20)18-4-2-1-3-5-18)21(30)27-17-8-6-15(7-9-17)16-10-12-26-13-11-16/h1-9,14,16,26H,10-13H2,(H,27,30). The lowest BCUT2D eigenvalue weighted by Crippen LogP contribution is -2.26. The second kappa shape index (κ2) is 8.31. The fourth-order valence-electron chi connectivity index (χ4n) is 3.65. The van der Waals surface area contributed by atoms with E-state index < -0.39 is 23.3 Å². The third-order valence-electron chi connectivity index (χ3n) is 5.23. The second-order valence-corrected chi connectivity index (χ2v) is 7.27. The summed E-state index contributed by atoms with van der Waals surface area (Å²) in [6, 6.07) is 15.7. The van der Waals surface area contributed by atoms with E-state index in [1.807, 2.05) is 12.1 Å². The van der Waals surface area contributed by atoms with Crippen molar-refractivity contribution in [1.29, 1.82) is 0 Å². The predicted molar refractivity (Wildman–Crippen MR) is 108 cm³/mol. The van der Waals surface area contributed by atoms with Crippen LogP contribution in [0, 0.1) is 0 Å². The van der Waals surface area contributed by atoms with Crippen LogP contribution in [0.4, 0.5) is 18.9 Å².